The first kappa shape index (κ1) is 10.3. The first-order chi connectivity index (χ1) is 5.47. The molecule has 1 heterocycles. The molecule has 2 rings (SSSR count). The summed E-state index contributed by atoms with van der Waals surface area (Å²) in [6.07, 6.45) is 10.3. The first-order valence-electron chi connectivity index (χ1n) is 5.20. The average Bonchev–Trinajstić information content (AvgIpc) is 2.58. The van der Waals surface area contributed by atoms with E-state index in [0.29, 0.717) is 0 Å². The van der Waals surface area contributed by atoms with E-state index in [4.69, 9.17) is 0 Å². The molecule has 0 amide bonds. The Balaban J connectivity index is 0.000000720. The molecule has 1 nitrogen and oxygen atoms in total. The molecule has 2 fully saturated rings. The van der Waals surface area contributed by atoms with Crippen molar-refractivity contribution in [3.8, 4) is 0 Å². The first-order valence-corrected chi connectivity index (χ1v) is 5.20. The van der Waals surface area contributed by atoms with Crippen molar-refractivity contribution in [2.24, 2.45) is 5.92 Å². The van der Waals surface area contributed by atoms with Gasteiger partial charge in [-0.1, -0.05) is 19.3 Å². The lowest BCUT2D eigenvalue weighted by molar-refractivity contribution is 0.287. The molecule has 0 aromatic rings. The zero-order chi connectivity index (χ0) is 7.52. The predicted octanol–water partition coefficient (Wildman–Crippen LogP) is 2.74. The lowest BCUT2D eigenvalue weighted by Gasteiger charge is -2.27. The second kappa shape index (κ2) is 5.08. The molecule has 1 N–H and O–H groups in total. The van der Waals surface area contributed by atoms with Crippen LogP contribution in [0.4, 0.5) is 0 Å². The Hall–Kier alpha value is 0.250. The molecule has 1 atom stereocenters. The maximum atomic E-state index is 3.63. The van der Waals surface area contributed by atoms with Crippen LogP contribution in [0.1, 0.15) is 44.9 Å². The molecule has 0 aromatic carbocycles. The van der Waals surface area contributed by atoms with Crippen LogP contribution in [0.3, 0.4) is 0 Å². The predicted molar refractivity (Wildman–Crippen MR) is 54.8 cm³/mol. The van der Waals surface area contributed by atoms with Crippen LogP contribution in [0.5, 0.6) is 0 Å². The molecule has 1 aliphatic carbocycles. The van der Waals surface area contributed by atoms with Gasteiger partial charge in [0.15, 0.2) is 0 Å². The van der Waals surface area contributed by atoms with Crippen LogP contribution in [-0.4, -0.2) is 12.6 Å². The van der Waals surface area contributed by atoms with Crippen LogP contribution in [0.25, 0.3) is 0 Å². The van der Waals surface area contributed by atoms with Gasteiger partial charge in [-0.2, -0.15) is 0 Å². The SMILES string of the molecule is C1CCC([C@H]2CCCN2)CC1.Cl. The monoisotopic (exact) mass is 189 g/mol. The van der Waals surface area contributed by atoms with E-state index < -0.39 is 0 Å². The normalized spacial score (nSPS) is 31.5. The highest BCUT2D eigenvalue weighted by molar-refractivity contribution is 5.85. The molecule has 1 aliphatic heterocycles. The van der Waals surface area contributed by atoms with Crippen molar-refractivity contribution in [1.82, 2.24) is 5.32 Å². The number of nitrogens with one attached hydrogen (secondary N) is 1. The lowest BCUT2D eigenvalue weighted by atomic mass is 9.83. The van der Waals surface area contributed by atoms with Gasteiger partial charge < -0.3 is 5.32 Å². The molecule has 2 aliphatic rings. The summed E-state index contributed by atoms with van der Waals surface area (Å²) in [5, 5.41) is 3.63. The quantitative estimate of drug-likeness (QED) is 0.669. The van der Waals surface area contributed by atoms with Crippen molar-refractivity contribution in [3.05, 3.63) is 0 Å². The Labute approximate surface area is 81.7 Å². The molecular formula is C10H20ClN. The van der Waals surface area contributed by atoms with Crippen LogP contribution in [0.15, 0.2) is 0 Å². The summed E-state index contributed by atoms with van der Waals surface area (Å²) in [5.74, 6) is 1.03. The van der Waals surface area contributed by atoms with E-state index >= 15 is 0 Å². The number of rotatable bonds is 1. The molecule has 0 bridgehead atoms. The van der Waals surface area contributed by atoms with Crippen LogP contribution in [0, 0.1) is 5.92 Å². The Morgan fingerprint density at radius 1 is 0.833 bits per heavy atom. The number of hydrogen-bond donors (Lipinski definition) is 1. The van der Waals surface area contributed by atoms with Gasteiger partial charge in [0.05, 0.1) is 0 Å². The van der Waals surface area contributed by atoms with Crippen LogP contribution < -0.4 is 5.32 Å². The third-order valence-electron chi connectivity index (χ3n) is 3.32. The van der Waals surface area contributed by atoms with Crippen molar-refractivity contribution in [3.63, 3.8) is 0 Å². The van der Waals surface area contributed by atoms with E-state index in [1.807, 2.05) is 0 Å². The van der Waals surface area contributed by atoms with E-state index in [-0.39, 0.29) is 12.4 Å². The van der Waals surface area contributed by atoms with Crippen molar-refractivity contribution in [2.75, 3.05) is 6.54 Å². The lowest BCUT2D eigenvalue weighted by Crippen LogP contribution is -2.31. The maximum absolute atomic E-state index is 3.63. The highest BCUT2D eigenvalue weighted by atomic mass is 35.5. The summed E-state index contributed by atoms with van der Waals surface area (Å²) < 4.78 is 0. The standard InChI is InChI=1S/C10H19N.ClH/c1-2-5-9(6-3-1)10-7-4-8-11-10;/h9-11H,1-8H2;1H/t10-;/m1./s1. The fourth-order valence-electron chi connectivity index (χ4n) is 2.65. The third-order valence-corrected chi connectivity index (χ3v) is 3.32. The minimum atomic E-state index is 0. The summed E-state index contributed by atoms with van der Waals surface area (Å²) in [7, 11) is 0. The van der Waals surface area contributed by atoms with Gasteiger partial charge in [-0.15, -0.1) is 12.4 Å². The van der Waals surface area contributed by atoms with Gasteiger partial charge in [-0.05, 0) is 38.1 Å². The van der Waals surface area contributed by atoms with Gasteiger partial charge in [-0.25, -0.2) is 0 Å². The van der Waals surface area contributed by atoms with E-state index in [1.54, 1.807) is 0 Å². The second-order valence-electron chi connectivity index (χ2n) is 4.10. The Morgan fingerprint density at radius 2 is 1.58 bits per heavy atom. The average molecular weight is 190 g/mol. The molecule has 12 heavy (non-hydrogen) atoms. The van der Waals surface area contributed by atoms with Crippen molar-refractivity contribution < 1.29 is 0 Å². The number of hydrogen-bond acceptors (Lipinski definition) is 1. The maximum Gasteiger partial charge on any atom is 0.00957 e. The third kappa shape index (κ3) is 2.37. The molecule has 0 unspecified atom stereocenters. The van der Waals surface area contributed by atoms with E-state index in [9.17, 15) is 0 Å². The van der Waals surface area contributed by atoms with Crippen LogP contribution >= 0.6 is 12.4 Å². The van der Waals surface area contributed by atoms with Crippen molar-refractivity contribution in [1.29, 1.82) is 0 Å². The summed E-state index contributed by atoms with van der Waals surface area (Å²) in [4.78, 5) is 0. The fraction of sp³-hybridized carbons (Fsp3) is 1.00. The van der Waals surface area contributed by atoms with Gasteiger partial charge in [-0.3, -0.25) is 0 Å². The minimum absolute atomic E-state index is 0. The molecule has 0 radical (unpaired) electrons. The minimum Gasteiger partial charge on any atom is -0.314 e. The molecule has 1 saturated heterocycles. The summed E-state index contributed by atoms with van der Waals surface area (Å²) in [5.41, 5.74) is 0. The van der Waals surface area contributed by atoms with E-state index in [2.05, 4.69) is 5.32 Å². The molecule has 0 spiro atoms. The Kier molecular flexibility index (Phi) is 4.38. The molecule has 0 aromatic heterocycles. The van der Waals surface area contributed by atoms with Gasteiger partial charge >= 0.3 is 0 Å². The summed E-state index contributed by atoms with van der Waals surface area (Å²) >= 11 is 0. The topological polar surface area (TPSA) is 12.0 Å². The van der Waals surface area contributed by atoms with Gasteiger partial charge in [0, 0.05) is 6.04 Å². The van der Waals surface area contributed by atoms with Crippen LogP contribution in [-0.2, 0) is 0 Å². The summed E-state index contributed by atoms with van der Waals surface area (Å²) in [6.45, 7) is 1.28. The molecule has 2 heteroatoms. The number of halogens is 1. The van der Waals surface area contributed by atoms with Crippen molar-refractivity contribution >= 4 is 12.4 Å². The van der Waals surface area contributed by atoms with E-state index in [1.165, 1.54) is 51.5 Å². The van der Waals surface area contributed by atoms with Gasteiger partial charge in [0.1, 0.15) is 0 Å². The van der Waals surface area contributed by atoms with Gasteiger partial charge in [0.2, 0.25) is 0 Å². The zero-order valence-electron chi connectivity index (χ0n) is 7.72. The highest BCUT2D eigenvalue weighted by Crippen LogP contribution is 2.29. The highest BCUT2D eigenvalue weighted by Gasteiger charge is 2.25. The van der Waals surface area contributed by atoms with Gasteiger partial charge in [0.25, 0.3) is 0 Å². The molecular weight excluding hydrogens is 170 g/mol. The largest absolute Gasteiger partial charge is 0.314 e. The smallest absolute Gasteiger partial charge is 0.00957 e. The zero-order valence-corrected chi connectivity index (χ0v) is 8.54. The Morgan fingerprint density at radius 3 is 2.17 bits per heavy atom. The second-order valence-corrected chi connectivity index (χ2v) is 4.10. The molecule has 72 valence electrons. The van der Waals surface area contributed by atoms with Crippen LogP contribution in [0.2, 0.25) is 0 Å². The molecule has 1 saturated carbocycles. The Bertz CT molecular complexity index is 115. The van der Waals surface area contributed by atoms with Crippen molar-refractivity contribution in [2.45, 2.75) is 51.0 Å². The fourth-order valence-corrected chi connectivity index (χ4v) is 2.65. The van der Waals surface area contributed by atoms with E-state index in [0.717, 1.165) is 12.0 Å². The summed E-state index contributed by atoms with van der Waals surface area (Å²) in [6, 6.07) is 0.898.